The molecule has 0 bridgehead atoms. The maximum Gasteiger partial charge on any atom is 0.334 e. The maximum absolute atomic E-state index is 12.6. The number of hydrogen-bond acceptors (Lipinski definition) is 10. The van der Waals surface area contributed by atoms with Crippen molar-refractivity contribution in [3.63, 3.8) is 0 Å². The number of esters is 4. The number of hydrogen-bond donors (Lipinski definition) is 2. The van der Waals surface area contributed by atoms with Gasteiger partial charge in [-0.15, -0.1) is 0 Å². The summed E-state index contributed by atoms with van der Waals surface area (Å²) in [4.78, 5) is 49.6. The molecule has 182 valence electrons. The highest BCUT2D eigenvalue weighted by Crippen LogP contribution is 2.39. The molecular weight excluding hydrogens is 436 g/mol. The Morgan fingerprint density at radius 3 is 2.48 bits per heavy atom. The van der Waals surface area contributed by atoms with E-state index in [0.717, 1.165) is 14.0 Å². The summed E-state index contributed by atoms with van der Waals surface area (Å²) in [5.41, 5.74) is 0.563. The Kier molecular flexibility index (Phi) is 8.95. The fourth-order valence-electron chi connectivity index (χ4n) is 3.99. The van der Waals surface area contributed by atoms with E-state index in [1.165, 1.54) is 6.08 Å². The molecule has 2 N–H and O–H groups in total. The van der Waals surface area contributed by atoms with E-state index in [2.05, 4.69) is 6.58 Å². The van der Waals surface area contributed by atoms with Gasteiger partial charge in [-0.05, 0) is 38.3 Å². The predicted octanol–water partition coefficient (Wildman–Crippen LogP) is 0.756. The van der Waals surface area contributed by atoms with E-state index in [0.29, 0.717) is 11.1 Å². The van der Waals surface area contributed by atoms with Crippen LogP contribution in [0.1, 0.15) is 33.6 Å². The van der Waals surface area contributed by atoms with Gasteiger partial charge in [-0.25, -0.2) is 9.59 Å². The first-order valence-corrected chi connectivity index (χ1v) is 10.5. The molecule has 0 aromatic rings. The van der Waals surface area contributed by atoms with Crippen LogP contribution in [-0.4, -0.2) is 72.2 Å². The van der Waals surface area contributed by atoms with Crippen molar-refractivity contribution in [3.05, 3.63) is 35.5 Å². The summed E-state index contributed by atoms with van der Waals surface area (Å²) in [7, 11) is 1.14. The topological polar surface area (TPSA) is 146 Å². The smallest absolute Gasteiger partial charge is 0.334 e. The van der Waals surface area contributed by atoms with Crippen molar-refractivity contribution in [1.82, 2.24) is 0 Å². The third-order valence-corrected chi connectivity index (χ3v) is 5.77. The van der Waals surface area contributed by atoms with E-state index >= 15 is 0 Å². The van der Waals surface area contributed by atoms with Crippen LogP contribution in [0.4, 0.5) is 0 Å². The van der Waals surface area contributed by atoms with Crippen LogP contribution in [0.15, 0.2) is 35.5 Å². The number of fused-ring (bicyclic) bond motifs is 1. The Labute approximate surface area is 191 Å². The van der Waals surface area contributed by atoms with Crippen molar-refractivity contribution in [2.24, 2.45) is 11.8 Å². The Morgan fingerprint density at radius 2 is 1.94 bits per heavy atom. The van der Waals surface area contributed by atoms with Gasteiger partial charge in [-0.3, -0.25) is 9.59 Å². The van der Waals surface area contributed by atoms with Crippen molar-refractivity contribution < 1.29 is 48.3 Å². The van der Waals surface area contributed by atoms with Gasteiger partial charge in [0.1, 0.15) is 6.10 Å². The Bertz CT molecular complexity index is 870. The Balaban J connectivity index is 2.68. The van der Waals surface area contributed by atoms with Gasteiger partial charge in [0.05, 0.1) is 31.7 Å². The molecule has 10 nitrogen and oxygen atoms in total. The Morgan fingerprint density at radius 1 is 1.27 bits per heavy atom. The lowest BCUT2D eigenvalue weighted by molar-refractivity contribution is -0.178. The zero-order valence-corrected chi connectivity index (χ0v) is 19.1. The predicted molar refractivity (Wildman–Crippen MR) is 113 cm³/mol. The molecule has 0 radical (unpaired) electrons. The lowest BCUT2D eigenvalue weighted by Crippen LogP contribution is -2.48. The molecule has 10 heteroatoms. The van der Waals surface area contributed by atoms with Crippen LogP contribution in [0.3, 0.4) is 0 Å². The zero-order valence-electron chi connectivity index (χ0n) is 19.1. The van der Waals surface area contributed by atoms with E-state index in [1.54, 1.807) is 19.9 Å². The molecule has 1 aliphatic carbocycles. The molecule has 0 spiro atoms. The van der Waals surface area contributed by atoms with Crippen molar-refractivity contribution in [1.29, 1.82) is 0 Å². The van der Waals surface area contributed by atoms with E-state index in [1.807, 2.05) is 0 Å². The van der Waals surface area contributed by atoms with Crippen molar-refractivity contribution in [2.75, 3.05) is 13.7 Å². The van der Waals surface area contributed by atoms with Gasteiger partial charge >= 0.3 is 23.9 Å². The summed E-state index contributed by atoms with van der Waals surface area (Å²) in [5, 5.41) is 20.4. The van der Waals surface area contributed by atoms with Gasteiger partial charge in [0, 0.05) is 18.1 Å². The minimum absolute atomic E-state index is 0.0497. The lowest BCUT2D eigenvalue weighted by Gasteiger charge is -2.35. The van der Waals surface area contributed by atoms with Gasteiger partial charge in [-0.2, -0.15) is 0 Å². The molecular formula is C23H30O10. The van der Waals surface area contributed by atoms with Crippen LogP contribution in [0.25, 0.3) is 0 Å². The lowest BCUT2D eigenvalue weighted by atomic mass is 9.79. The molecule has 2 rings (SSSR count). The van der Waals surface area contributed by atoms with Crippen LogP contribution < -0.4 is 0 Å². The highest BCUT2D eigenvalue weighted by molar-refractivity contribution is 5.92. The van der Waals surface area contributed by atoms with E-state index in [4.69, 9.17) is 18.9 Å². The quantitative estimate of drug-likeness (QED) is 0.258. The van der Waals surface area contributed by atoms with Crippen molar-refractivity contribution in [2.45, 2.75) is 58.0 Å². The summed E-state index contributed by atoms with van der Waals surface area (Å²) in [6.07, 6.45) is -2.20. The number of rotatable bonds is 5. The van der Waals surface area contributed by atoms with E-state index in [-0.39, 0.29) is 18.4 Å². The summed E-state index contributed by atoms with van der Waals surface area (Å²) in [6.45, 7) is 7.61. The van der Waals surface area contributed by atoms with Crippen LogP contribution >= 0.6 is 0 Å². The molecule has 0 aromatic carbocycles. The van der Waals surface area contributed by atoms with Gasteiger partial charge in [-0.1, -0.05) is 12.7 Å². The average Bonchev–Trinajstić information content (AvgIpc) is 3.07. The van der Waals surface area contributed by atoms with Crippen LogP contribution in [0.5, 0.6) is 0 Å². The van der Waals surface area contributed by atoms with E-state index < -0.39 is 66.7 Å². The summed E-state index contributed by atoms with van der Waals surface area (Å²) < 4.78 is 21.3. The third-order valence-electron chi connectivity index (χ3n) is 5.77. The molecule has 6 unspecified atom stereocenters. The monoisotopic (exact) mass is 466 g/mol. The second kappa shape index (κ2) is 11.2. The summed E-state index contributed by atoms with van der Waals surface area (Å²) in [6, 6.07) is 0. The molecule has 0 amide bonds. The standard InChI is InChI=1S/C23H30O10/c1-6-11(2)21(27)32-17-8-14(10-24)7-15(26)9-16(23(29)30-5)19(31-13(4)25)20-18(17)12(3)22(28)33-20/h6,8,15-20,24,26H,3,7,9-10H2,1-2,4-5H3/b11-6+,14-8+. The fraction of sp³-hybridized carbons (Fsp3) is 0.565. The highest BCUT2D eigenvalue weighted by Gasteiger charge is 2.53. The van der Waals surface area contributed by atoms with Crippen LogP contribution in [0, 0.1) is 11.8 Å². The molecule has 0 saturated carbocycles. The first-order chi connectivity index (χ1) is 15.5. The first-order valence-electron chi connectivity index (χ1n) is 10.5. The number of carbonyl (C=O) groups is 4. The summed E-state index contributed by atoms with van der Waals surface area (Å²) >= 11 is 0. The second-order valence-corrected chi connectivity index (χ2v) is 8.04. The minimum atomic E-state index is -1.34. The van der Waals surface area contributed by atoms with Crippen molar-refractivity contribution >= 4 is 23.9 Å². The number of ether oxygens (including phenoxy) is 4. The fourth-order valence-corrected chi connectivity index (χ4v) is 3.99. The van der Waals surface area contributed by atoms with Gasteiger partial charge < -0.3 is 29.2 Å². The molecule has 6 atom stereocenters. The van der Waals surface area contributed by atoms with Gasteiger partial charge in [0.2, 0.25) is 0 Å². The number of allylic oxidation sites excluding steroid dienone is 1. The molecule has 1 fully saturated rings. The number of aliphatic hydroxyl groups is 2. The number of methoxy groups -OCH3 is 1. The molecule has 1 saturated heterocycles. The van der Waals surface area contributed by atoms with Crippen molar-refractivity contribution in [3.8, 4) is 0 Å². The zero-order chi connectivity index (χ0) is 24.9. The first kappa shape index (κ1) is 26.3. The third kappa shape index (κ3) is 6.08. The maximum atomic E-state index is 12.6. The van der Waals surface area contributed by atoms with E-state index in [9.17, 15) is 29.4 Å². The summed E-state index contributed by atoms with van der Waals surface area (Å²) in [5.74, 6) is -5.27. The van der Waals surface area contributed by atoms with Gasteiger partial charge in [0.15, 0.2) is 12.2 Å². The number of carbonyl (C=O) groups excluding carboxylic acids is 4. The average molecular weight is 466 g/mol. The largest absolute Gasteiger partial charge is 0.469 e. The molecule has 0 aromatic heterocycles. The normalized spacial score (nSPS) is 32.1. The second-order valence-electron chi connectivity index (χ2n) is 8.04. The molecule has 2 aliphatic rings. The SMILES string of the molecule is C=C1C(=O)OC2C(OC(C)=O)C(C(=O)OC)CC(O)C/C(CO)=C\C(OC(=O)/C(C)=C/C)C12. The highest BCUT2D eigenvalue weighted by atomic mass is 16.6. The van der Waals surface area contributed by atoms with Crippen LogP contribution in [-0.2, 0) is 38.1 Å². The molecule has 1 aliphatic heterocycles. The molecule has 33 heavy (non-hydrogen) atoms. The van der Waals surface area contributed by atoms with Crippen LogP contribution in [0.2, 0.25) is 0 Å². The number of aliphatic hydroxyl groups excluding tert-OH is 2. The minimum Gasteiger partial charge on any atom is -0.469 e. The Hall–Kier alpha value is -2.98. The molecule has 1 heterocycles. The van der Waals surface area contributed by atoms with Gasteiger partial charge in [0.25, 0.3) is 0 Å².